The summed E-state index contributed by atoms with van der Waals surface area (Å²) in [6, 6.07) is 9.32. The zero-order valence-corrected chi connectivity index (χ0v) is 16.8. The highest BCUT2D eigenvalue weighted by Crippen LogP contribution is 2.39. The van der Waals surface area contributed by atoms with Crippen molar-refractivity contribution in [2.24, 2.45) is 17.8 Å². The first kappa shape index (κ1) is 19.0. The average Bonchev–Trinajstić information content (AvgIpc) is 2.65. The van der Waals surface area contributed by atoms with Crippen molar-refractivity contribution in [1.82, 2.24) is 0 Å². The number of rotatable bonds is 7. The van der Waals surface area contributed by atoms with Crippen molar-refractivity contribution in [3.05, 3.63) is 35.4 Å². The zero-order chi connectivity index (χ0) is 17.5. The van der Waals surface area contributed by atoms with Gasteiger partial charge in [0.05, 0.1) is 0 Å². The maximum atomic E-state index is 2.37. The summed E-state index contributed by atoms with van der Waals surface area (Å²) in [6.45, 7) is 4.54. The van der Waals surface area contributed by atoms with Crippen molar-refractivity contribution < 1.29 is 0 Å². The Balaban J connectivity index is 1.30. The van der Waals surface area contributed by atoms with Crippen LogP contribution in [0.5, 0.6) is 0 Å². The van der Waals surface area contributed by atoms with Crippen molar-refractivity contribution in [3.8, 4) is 0 Å². The van der Waals surface area contributed by atoms with E-state index in [0.29, 0.717) is 0 Å². The quantitative estimate of drug-likeness (QED) is 0.471. The molecule has 1 aromatic rings. The molecular formula is C25H40. The third kappa shape index (κ3) is 5.87. The van der Waals surface area contributed by atoms with Crippen LogP contribution in [-0.4, -0.2) is 0 Å². The minimum Gasteiger partial charge on any atom is -0.0654 e. The molecule has 2 fully saturated rings. The summed E-state index contributed by atoms with van der Waals surface area (Å²) in [5.74, 6) is 4.00. The molecule has 25 heavy (non-hydrogen) atoms. The van der Waals surface area contributed by atoms with Crippen molar-refractivity contribution in [2.75, 3.05) is 0 Å². The van der Waals surface area contributed by atoms with E-state index in [1.54, 1.807) is 5.56 Å². The zero-order valence-electron chi connectivity index (χ0n) is 16.8. The first-order valence-corrected chi connectivity index (χ1v) is 11.3. The van der Waals surface area contributed by atoms with E-state index in [1.807, 2.05) is 0 Å². The van der Waals surface area contributed by atoms with Crippen molar-refractivity contribution in [2.45, 2.75) is 103 Å². The molecule has 0 N–H and O–H groups in total. The van der Waals surface area contributed by atoms with Crippen LogP contribution >= 0.6 is 0 Å². The van der Waals surface area contributed by atoms with Crippen molar-refractivity contribution >= 4 is 0 Å². The Morgan fingerprint density at radius 1 is 0.680 bits per heavy atom. The Kier molecular flexibility index (Phi) is 7.44. The van der Waals surface area contributed by atoms with E-state index >= 15 is 0 Å². The second-order valence-electron chi connectivity index (χ2n) is 9.23. The molecule has 0 heterocycles. The number of aryl methyl sites for hydroxylation is 1. The van der Waals surface area contributed by atoms with E-state index in [2.05, 4.69) is 38.1 Å². The van der Waals surface area contributed by atoms with Crippen LogP contribution < -0.4 is 0 Å². The summed E-state index contributed by atoms with van der Waals surface area (Å²) in [4.78, 5) is 0. The van der Waals surface area contributed by atoms with Crippen LogP contribution in [0, 0.1) is 24.7 Å². The molecule has 1 aromatic carbocycles. The van der Waals surface area contributed by atoms with Crippen LogP contribution in [0.25, 0.3) is 0 Å². The van der Waals surface area contributed by atoms with Crippen LogP contribution in [0.3, 0.4) is 0 Å². The molecule has 0 amide bonds. The average molecular weight is 341 g/mol. The molecule has 2 saturated carbocycles. The Labute approximate surface area is 156 Å². The molecule has 0 saturated heterocycles. The number of benzene rings is 1. The highest BCUT2D eigenvalue weighted by molar-refractivity contribution is 5.24. The molecule has 0 unspecified atom stereocenters. The number of hydrogen-bond donors (Lipinski definition) is 0. The monoisotopic (exact) mass is 340 g/mol. The molecule has 2 aliphatic carbocycles. The molecule has 0 radical (unpaired) electrons. The third-order valence-corrected chi connectivity index (χ3v) is 7.28. The normalized spacial score (nSPS) is 30.3. The summed E-state index contributed by atoms with van der Waals surface area (Å²) >= 11 is 0. The van der Waals surface area contributed by atoms with Gasteiger partial charge in [-0.15, -0.1) is 0 Å². The Morgan fingerprint density at radius 2 is 1.16 bits per heavy atom. The molecule has 0 bridgehead atoms. The standard InChI is InChI=1S/C25H40/c1-3-5-21-10-12-22(13-11-21)6-4-7-23-14-18-25(19-15-23)24-16-8-20(2)9-17-24/h8-9,16-17,21-23,25H,3-7,10-15,18-19H2,1-2H3. The first-order chi connectivity index (χ1) is 12.2. The molecule has 0 nitrogen and oxygen atoms in total. The van der Waals surface area contributed by atoms with Crippen LogP contribution in [0.1, 0.15) is 107 Å². The van der Waals surface area contributed by atoms with Gasteiger partial charge in [0, 0.05) is 0 Å². The van der Waals surface area contributed by atoms with Gasteiger partial charge in [0.2, 0.25) is 0 Å². The minimum atomic E-state index is 0.839. The minimum absolute atomic E-state index is 0.839. The van der Waals surface area contributed by atoms with Gasteiger partial charge in [0.25, 0.3) is 0 Å². The summed E-state index contributed by atoms with van der Waals surface area (Å²) < 4.78 is 0. The van der Waals surface area contributed by atoms with Crippen LogP contribution in [0.4, 0.5) is 0 Å². The maximum absolute atomic E-state index is 2.37. The second-order valence-corrected chi connectivity index (χ2v) is 9.23. The van der Waals surface area contributed by atoms with Gasteiger partial charge in [-0.1, -0.05) is 94.5 Å². The lowest BCUT2D eigenvalue weighted by molar-refractivity contribution is 0.236. The van der Waals surface area contributed by atoms with Gasteiger partial charge in [0.1, 0.15) is 0 Å². The van der Waals surface area contributed by atoms with Gasteiger partial charge in [0.15, 0.2) is 0 Å². The van der Waals surface area contributed by atoms with Gasteiger partial charge in [-0.2, -0.15) is 0 Å². The number of hydrogen-bond acceptors (Lipinski definition) is 0. The Hall–Kier alpha value is -0.780. The molecule has 2 aliphatic rings. The van der Waals surface area contributed by atoms with Gasteiger partial charge >= 0.3 is 0 Å². The largest absolute Gasteiger partial charge is 0.0654 e. The predicted molar refractivity (Wildman–Crippen MR) is 110 cm³/mol. The van der Waals surface area contributed by atoms with Crippen molar-refractivity contribution in [3.63, 3.8) is 0 Å². The van der Waals surface area contributed by atoms with Crippen LogP contribution in [0.15, 0.2) is 24.3 Å². The SMILES string of the molecule is CCCC1CCC(CCCC2CCC(c3ccc(C)cc3)CC2)CC1. The van der Waals surface area contributed by atoms with E-state index in [0.717, 1.165) is 23.7 Å². The third-order valence-electron chi connectivity index (χ3n) is 7.28. The van der Waals surface area contributed by atoms with Crippen LogP contribution in [0.2, 0.25) is 0 Å². The Morgan fingerprint density at radius 3 is 1.68 bits per heavy atom. The molecule has 3 rings (SSSR count). The van der Waals surface area contributed by atoms with Gasteiger partial charge < -0.3 is 0 Å². The highest BCUT2D eigenvalue weighted by atomic mass is 14.3. The molecular weight excluding hydrogens is 300 g/mol. The van der Waals surface area contributed by atoms with E-state index in [-0.39, 0.29) is 0 Å². The van der Waals surface area contributed by atoms with Crippen molar-refractivity contribution in [1.29, 1.82) is 0 Å². The summed E-state index contributed by atoms with van der Waals surface area (Å²) in [7, 11) is 0. The fourth-order valence-electron chi connectivity index (χ4n) is 5.54. The molecule has 0 atom stereocenters. The predicted octanol–water partition coefficient (Wildman–Crippen LogP) is 8.05. The lowest BCUT2D eigenvalue weighted by atomic mass is 9.75. The first-order valence-electron chi connectivity index (χ1n) is 11.3. The van der Waals surface area contributed by atoms with E-state index in [4.69, 9.17) is 0 Å². The topological polar surface area (TPSA) is 0 Å². The van der Waals surface area contributed by atoms with Gasteiger partial charge in [-0.25, -0.2) is 0 Å². The second kappa shape index (κ2) is 9.79. The smallest absolute Gasteiger partial charge is 0.0162 e. The molecule has 0 aromatic heterocycles. The summed E-state index contributed by atoms with van der Waals surface area (Å²) in [6.07, 6.45) is 19.3. The maximum Gasteiger partial charge on any atom is -0.0162 e. The molecule has 0 aliphatic heterocycles. The summed E-state index contributed by atoms with van der Waals surface area (Å²) in [5, 5.41) is 0. The molecule has 0 spiro atoms. The van der Waals surface area contributed by atoms with E-state index in [1.165, 1.54) is 89.0 Å². The Bertz CT molecular complexity index is 469. The van der Waals surface area contributed by atoms with E-state index < -0.39 is 0 Å². The highest BCUT2D eigenvalue weighted by Gasteiger charge is 2.23. The van der Waals surface area contributed by atoms with E-state index in [9.17, 15) is 0 Å². The lowest BCUT2D eigenvalue weighted by Gasteiger charge is -2.31. The molecule has 140 valence electrons. The fourth-order valence-corrected chi connectivity index (χ4v) is 5.54. The molecule has 0 heteroatoms. The summed E-state index contributed by atoms with van der Waals surface area (Å²) in [5.41, 5.74) is 2.98. The van der Waals surface area contributed by atoms with Gasteiger partial charge in [-0.05, 0) is 61.8 Å². The lowest BCUT2D eigenvalue weighted by Crippen LogP contribution is -2.16. The van der Waals surface area contributed by atoms with Crippen LogP contribution in [-0.2, 0) is 0 Å². The van der Waals surface area contributed by atoms with Gasteiger partial charge in [-0.3, -0.25) is 0 Å². The fraction of sp³-hybridized carbons (Fsp3) is 0.760.